The van der Waals surface area contributed by atoms with Crippen LogP contribution in [0.2, 0.25) is 0 Å². The Morgan fingerprint density at radius 2 is 1.59 bits per heavy atom. The average molecular weight is 557 g/mol. The lowest BCUT2D eigenvalue weighted by molar-refractivity contribution is -0.133. The molecular weight excluding hydrogens is 519 g/mol. The van der Waals surface area contributed by atoms with Crippen LogP contribution >= 0.6 is 0 Å². The number of fused-ring (bicyclic) bond motifs is 1. The summed E-state index contributed by atoms with van der Waals surface area (Å²) in [6.07, 6.45) is 5.19. The van der Waals surface area contributed by atoms with E-state index in [4.69, 9.17) is 4.42 Å². The van der Waals surface area contributed by atoms with Crippen molar-refractivity contribution in [3.8, 4) is 0 Å². The molecule has 41 heavy (non-hydrogen) atoms. The maximum atomic E-state index is 13.9. The molecule has 6 nitrogen and oxygen atoms in total. The molecule has 1 unspecified atom stereocenters. The van der Waals surface area contributed by atoms with Crippen LogP contribution in [-0.4, -0.2) is 34.2 Å². The van der Waals surface area contributed by atoms with E-state index in [1.165, 1.54) is 28.9 Å². The lowest BCUT2D eigenvalue weighted by atomic mass is 10.0. The van der Waals surface area contributed by atoms with E-state index in [0.717, 1.165) is 19.3 Å². The first-order valence-electron chi connectivity index (χ1n) is 14.2. The number of hydrogen-bond donors (Lipinski definition) is 0. The second kappa shape index (κ2) is 13.9. The van der Waals surface area contributed by atoms with E-state index >= 15 is 0 Å². The van der Waals surface area contributed by atoms with Crippen molar-refractivity contribution in [3.63, 3.8) is 0 Å². The van der Waals surface area contributed by atoms with E-state index in [9.17, 15) is 18.8 Å². The zero-order chi connectivity index (χ0) is 29.4. The fourth-order valence-corrected chi connectivity index (χ4v) is 4.73. The fourth-order valence-electron chi connectivity index (χ4n) is 4.73. The van der Waals surface area contributed by atoms with Gasteiger partial charge in [-0.3, -0.25) is 14.4 Å². The summed E-state index contributed by atoms with van der Waals surface area (Å²) >= 11 is 0. The van der Waals surface area contributed by atoms with Crippen LogP contribution in [0.1, 0.15) is 67.1 Å². The van der Waals surface area contributed by atoms with Gasteiger partial charge in [0, 0.05) is 18.2 Å². The van der Waals surface area contributed by atoms with Gasteiger partial charge in [-0.05, 0) is 73.7 Å². The molecule has 0 saturated heterocycles. The van der Waals surface area contributed by atoms with Crippen LogP contribution in [0.4, 0.5) is 4.39 Å². The number of nitrogens with zero attached hydrogens (tertiary/aromatic N) is 2. The Kier molecular flexibility index (Phi) is 10.1. The van der Waals surface area contributed by atoms with E-state index in [1.807, 2.05) is 38.1 Å². The highest BCUT2D eigenvalue weighted by Gasteiger charge is 2.26. The van der Waals surface area contributed by atoms with Gasteiger partial charge in [0.15, 0.2) is 5.43 Å². The molecule has 0 aliphatic heterocycles. The van der Waals surface area contributed by atoms with Gasteiger partial charge in [-0.2, -0.15) is 0 Å². The number of para-hydroxylation sites is 1. The standard InChI is InChI=1S/C34H37FN2O4/c1-4-6-9-25-12-16-27(17-13-25)34(40)37(24(3)5-2)22-32(38)36(20-26-14-18-29(35)19-15-26)21-28-23-41-31-11-8-7-10-30(31)33(28)39/h7-8,10-19,23-24H,4-6,9,20-22H2,1-3H3. The van der Waals surface area contributed by atoms with Gasteiger partial charge >= 0.3 is 0 Å². The Morgan fingerprint density at radius 1 is 0.902 bits per heavy atom. The van der Waals surface area contributed by atoms with Crippen molar-refractivity contribution in [1.29, 1.82) is 0 Å². The molecule has 0 aliphatic carbocycles. The number of carbonyl (C=O) groups is 2. The lowest BCUT2D eigenvalue weighted by Gasteiger charge is -2.31. The first kappa shape index (κ1) is 29.7. The third-order valence-corrected chi connectivity index (χ3v) is 7.46. The van der Waals surface area contributed by atoms with E-state index in [0.29, 0.717) is 34.1 Å². The van der Waals surface area contributed by atoms with E-state index in [1.54, 1.807) is 41.3 Å². The zero-order valence-corrected chi connectivity index (χ0v) is 23.9. The SMILES string of the molecule is CCCCc1ccc(C(=O)N(CC(=O)N(Cc2ccc(F)cc2)Cc2coc3ccccc3c2=O)C(C)CC)cc1. The number of carbonyl (C=O) groups excluding carboxylic acids is 2. The normalized spacial score (nSPS) is 11.8. The van der Waals surface area contributed by atoms with Gasteiger partial charge in [0.2, 0.25) is 5.91 Å². The van der Waals surface area contributed by atoms with Crippen molar-refractivity contribution in [1.82, 2.24) is 9.80 Å². The molecule has 0 spiro atoms. The molecule has 4 aromatic rings. The highest BCUT2D eigenvalue weighted by Crippen LogP contribution is 2.17. The molecule has 2 amide bonds. The van der Waals surface area contributed by atoms with Crippen LogP contribution in [0.3, 0.4) is 0 Å². The maximum absolute atomic E-state index is 13.9. The molecule has 0 aliphatic rings. The summed E-state index contributed by atoms with van der Waals surface area (Å²) in [5.74, 6) is -0.923. The van der Waals surface area contributed by atoms with Crippen LogP contribution in [0.25, 0.3) is 11.0 Å². The molecule has 3 aromatic carbocycles. The quantitative estimate of drug-likeness (QED) is 0.194. The summed E-state index contributed by atoms with van der Waals surface area (Å²) in [5.41, 5.74) is 2.97. The van der Waals surface area contributed by atoms with Gasteiger partial charge in [-0.15, -0.1) is 0 Å². The fraction of sp³-hybridized carbons (Fsp3) is 0.324. The van der Waals surface area contributed by atoms with Crippen molar-refractivity contribution in [2.75, 3.05) is 6.54 Å². The third kappa shape index (κ3) is 7.48. The van der Waals surface area contributed by atoms with E-state index in [2.05, 4.69) is 6.92 Å². The van der Waals surface area contributed by atoms with Crippen LogP contribution < -0.4 is 5.43 Å². The minimum Gasteiger partial charge on any atom is -0.464 e. The molecule has 1 heterocycles. The molecular formula is C34H37FN2O4. The van der Waals surface area contributed by atoms with Gasteiger partial charge < -0.3 is 14.2 Å². The van der Waals surface area contributed by atoms with Crippen molar-refractivity contribution >= 4 is 22.8 Å². The Morgan fingerprint density at radius 3 is 2.27 bits per heavy atom. The predicted octanol–water partition coefficient (Wildman–Crippen LogP) is 6.74. The first-order valence-corrected chi connectivity index (χ1v) is 14.2. The minimum atomic E-state index is -0.379. The summed E-state index contributed by atoms with van der Waals surface area (Å²) in [6, 6.07) is 20.2. The Labute approximate surface area is 240 Å². The summed E-state index contributed by atoms with van der Waals surface area (Å²) in [6.45, 7) is 6.00. The lowest BCUT2D eigenvalue weighted by Crippen LogP contribution is -2.46. The number of hydrogen-bond acceptors (Lipinski definition) is 4. The highest BCUT2D eigenvalue weighted by atomic mass is 19.1. The molecule has 214 valence electrons. The summed E-state index contributed by atoms with van der Waals surface area (Å²) in [4.78, 5) is 43.8. The van der Waals surface area contributed by atoms with Gasteiger partial charge in [0.05, 0.1) is 23.8 Å². The predicted molar refractivity (Wildman–Crippen MR) is 159 cm³/mol. The third-order valence-electron chi connectivity index (χ3n) is 7.46. The van der Waals surface area contributed by atoms with Gasteiger partial charge in [-0.25, -0.2) is 4.39 Å². The molecule has 4 rings (SSSR count). The smallest absolute Gasteiger partial charge is 0.254 e. The van der Waals surface area contributed by atoms with Crippen molar-refractivity contribution < 1.29 is 18.4 Å². The molecule has 0 fully saturated rings. The molecule has 0 saturated carbocycles. The first-order chi connectivity index (χ1) is 19.8. The Bertz CT molecular complexity index is 1530. The monoisotopic (exact) mass is 556 g/mol. The highest BCUT2D eigenvalue weighted by molar-refractivity contribution is 5.96. The van der Waals surface area contributed by atoms with E-state index in [-0.39, 0.29) is 48.7 Å². The second-order valence-electron chi connectivity index (χ2n) is 10.5. The number of halogens is 1. The molecule has 7 heteroatoms. The van der Waals surface area contributed by atoms with Crippen molar-refractivity contribution in [2.24, 2.45) is 0 Å². The summed E-state index contributed by atoms with van der Waals surface area (Å²) < 4.78 is 19.3. The number of aryl methyl sites for hydroxylation is 1. The maximum Gasteiger partial charge on any atom is 0.254 e. The van der Waals surface area contributed by atoms with Gasteiger partial charge in [0.1, 0.15) is 17.9 Å². The van der Waals surface area contributed by atoms with Gasteiger partial charge in [0.25, 0.3) is 5.91 Å². The molecule has 1 aromatic heterocycles. The minimum absolute atomic E-state index is 0.0158. The Hall–Kier alpha value is -4.26. The second-order valence-corrected chi connectivity index (χ2v) is 10.5. The van der Waals surface area contributed by atoms with Crippen LogP contribution in [0.5, 0.6) is 0 Å². The number of rotatable bonds is 12. The Balaban J connectivity index is 1.61. The van der Waals surface area contributed by atoms with E-state index < -0.39 is 0 Å². The number of amides is 2. The summed E-state index contributed by atoms with van der Waals surface area (Å²) in [7, 11) is 0. The molecule has 0 N–H and O–H groups in total. The van der Waals surface area contributed by atoms with Gasteiger partial charge in [-0.1, -0.05) is 56.7 Å². The topological polar surface area (TPSA) is 70.8 Å². The average Bonchev–Trinajstić information content (AvgIpc) is 3.00. The van der Waals surface area contributed by atoms with Crippen molar-refractivity contribution in [3.05, 3.63) is 117 Å². The largest absolute Gasteiger partial charge is 0.464 e. The number of benzene rings is 3. The van der Waals surface area contributed by atoms with Crippen LogP contribution in [0.15, 0.2) is 88.3 Å². The van der Waals surface area contributed by atoms with Crippen LogP contribution in [-0.2, 0) is 24.3 Å². The molecule has 0 bridgehead atoms. The number of unbranched alkanes of at least 4 members (excludes halogenated alkanes) is 1. The van der Waals surface area contributed by atoms with Crippen LogP contribution in [0, 0.1) is 5.82 Å². The molecule has 1 atom stereocenters. The molecule has 0 radical (unpaired) electrons. The van der Waals surface area contributed by atoms with Crippen molar-refractivity contribution in [2.45, 2.75) is 65.6 Å². The zero-order valence-electron chi connectivity index (χ0n) is 23.9. The summed E-state index contributed by atoms with van der Waals surface area (Å²) in [5, 5.41) is 0.429.